The van der Waals surface area contributed by atoms with E-state index in [2.05, 4.69) is 122 Å². The van der Waals surface area contributed by atoms with Gasteiger partial charge in [-0.05, 0) is 48.9 Å². The highest BCUT2D eigenvalue weighted by Crippen LogP contribution is 2.59. The highest BCUT2D eigenvalue weighted by Gasteiger charge is 2.47. The molecule has 0 atom stereocenters. The van der Waals surface area contributed by atoms with Crippen LogP contribution in [0.25, 0.3) is 0 Å². The Hall–Kier alpha value is -2.89. The maximum atomic E-state index is 6.15. The van der Waals surface area contributed by atoms with Crippen LogP contribution < -0.4 is 20.7 Å². The van der Waals surface area contributed by atoms with Crippen molar-refractivity contribution >= 4 is 23.2 Å². The zero-order valence-electron chi connectivity index (χ0n) is 16.7. The van der Waals surface area contributed by atoms with E-state index in [0.717, 1.165) is 11.9 Å². The lowest BCUT2D eigenvalue weighted by Crippen LogP contribution is -2.33. The minimum atomic E-state index is -1.97. The fourth-order valence-corrected chi connectivity index (χ4v) is 8.33. The standard InChI is InChI=1S/C27H26OP/c1-2-28-26-20-12-13-21-27(26)29(24-16-8-4-9-17-24,25-18-10-5-11-19-25)22-23-14-6-3-7-15-23/h3-21H,2,22H2,1H3/q+1. The van der Waals surface area contributed by atoms with E-state index < -0.39 is 7.26 Å². The average molecular weight is 397 g/mol. The summed E-state index contributed by atoms with van der Waals surface area (Å²) >= 11 is 0. The van der Waals surface area contributed by atoms with Gasteiger partial charge in [0, 0.05) is 0 Å². The molecule has 0 unspecified atom stereocenters. The van der Waals surface area contributed by atoms with Crippen molar-refractivity contribution in [1.82, 2.24) is 0 Å². The van der Waals surface area contributed by atoms with Crippen LogP contribution in [0.2, 0.25) is 0 Å². The summed E-state index contributed by atoms with van der Waals surface area (Å²) in [5, 5.41) is 4.06. The maximum absolute atomic E-state index is 6.15. The first-order valence-electron chi connectivity index (χ1n) is 10.1. The predicted molar refractivity (Wildman–Crippen MR) is 126 cm³/mol. The minimum Gasteiger partial charge on any atom is -0.490 e. The van der Waals surface area contributed by atoms with Crippen molar-refractivity contribution in [2.24, 2.45) is 0 Å². The monoisotopic (exact) mass is 397 g/mol. The molecule has 0 aliphatic rings. The van der Waals surface area contributed by atoms with E-state index >= 15 is 0 Å². The Labute approximate surface area is 174 Å². The summed E-state index contributed by atoms with van der Waals surface area (Å²) in [6.07, 6.45) is 0.964. The van der Waals surface area contributed by atoms with Gasteiger partial charge in [0.1, 0.15) is 23.2 Å². The molecule has 0 saturated heterocycles. The second-order valence-electron chi connectivity index (χ2n) is 7.03. The summed E-state index contributed by atoms with van der Waals surface area (Å²) in [6, 6.07) is 41.4. The van der Waals surface area contributed by atoms with Crippen molar-refractivity contribution in [3.63, 3.8) is 0 Å². The Balaban J connectivity index is 2.04. The highest BCUT2D eigenvalue weighted by atomic mass is 31.2. The highest BCUT2D eigenvalue weighted by molar-refractivity contribution is 7.95. The largest absolute Gasteiger partial charge is 0.490 e. The molecule has 0 aromatic heterocycles. The Morgan fingerprint density at radius 1 is 0.586 bits per heavy atom. The van der Waals surface area contributed by atoms with Crippen LogP contribution in [-0.4, -0.2) is 6.61 Å². The molecule has 0 aliphatic heterocycles. The number of hydrogen-bond donors (Lipinski definition) is 0. The molecule has 0 spiro atoms. The molecular weight excluding hydrogens is 371 g/mol. The van der Waals surface area contributed by atoms with Crippen LogP contribution in [0.1, 0.15) is 12.5 Å². The van der Waals surface area contributed by atoms with Crippen molar-refractivity contribution in [3.05, 3.63) is 121 Å². The molecule has 0 aliphatic carbocycles. The maximum Gasteiger partial charge on any atom is 0.162 e. The van der Waals surface area contributed by atoms with Crippen molar-refractivity contribution in [2.45, 2.75) is 13.1 Å². The number of hydrogen-bond acceptors (Lipinski definition) is 1. The Bertz CT molecular complexity index is 990. The molecule has 1 nitrogen and oxygen atoms in total. The number of ether oxygens (including phenoxy) is 1. The Kier molecular flexibility index (Phi) is 6.08. The lowest BCUT2D eigenvalue weighted by atomic mass is 10.2. The second kappa shape index (κ2) is 9.07. The molecule has 0 amide bonds. The minimum absolute atomic E-state index is 0.659. The van der Waals surface area contributed by atoms with Gasteiger partial charge in [0.2, 0.25) is 0 Å². The molecule has 0 fully saturated rings. The van der Waals surface area contributed by atoms with E-state index in [4.69, 9.17) is 4.74 Å². The van der Waals surface area contributed by atoms with Crippen molar-refractivity contribution < 1.29 is 4.74 Å². The van der Waals surface area contributed by atoms with Gasteiger partial charge in [-0.1, -0.05) is 78.9 Å². The quantitative estimate of drug-likeness (QED) is 0.370. The van der Waals surface area contributed by atoms with Crippen LogP contribution in [0, 0.1) is 0 Å². The third kappa shape index (κ3) is 3.97. The first-order chi connectivity index (χ1) is 14.3. The van der Waals surface area contributed by atoms with Gasteiger partial charge in [-0.2, -0.15) is 0 Å². The molecule has 0 saturated carbocycles. The van der Waals surface area contributed by atoms with Gasteiger partial charge in [0.25, 0.3) is 0 Å². The van der Waals surface area contributed by atoms with Gasteiger partial charge < -0.3 is 4.74 Å². The third-order valence-corrected chi connectivity index (χ3v) is 9.62. The Morgan fingerprint density at radius 3 is 1.62 bits per heavy atom. The lowest BCUT2D eigenvalue weighted by Gasteiger charge is -2.29. The van der Waals surface area contributed by atoms with Crippen molar-refractivity contribution in [2.75, 3.05) is 6.61 Å². The van der Waals surface area contributed by atoms with E-state index in [0.29, 0.717) is 6.61 Å². The molecule has 0 heterocycles. The normalized spacial score (nSPS) is 11.2. The van der Waals surface area contributed by atoms with Crippen LogP contribution in [0.5, 0.6) is 5.75 Å². The summed E-state index contributed by atoms with van der Waals surface area (Å²) in [4.78, 5) is 0. The van der Waals surface area contributed by atoms with Gasteiger partial charge in [-0.15, -0.1) is 0 Å². The number of rotatable bonds is 7. The zero-order chi connectivity index (χ0) is 19.9. The van der Waals surface area contributed by atoms with Crippen LogP contribution in [-0.2, 0) is 6.16 Å². The third-order valence-electron chi connectivity index (χ3n) is 5.23. The topological polar surface area (TPSA) is 9.23 Å². The summed E-state index contributed by atoms with van der Waals surface area (Å²) in [6.45, 7) is 2.71. The van der Waals surface area contributed by atoms with Crippen molar-refractivity contribution in [3.8, 4) is 5.75 Å². The van der Waals surface area contributed by atoms with E-state index in [-0.39, 0.29) is 0 Å². The smallest absolute Gasteiger partial charge is 0.162 e. The number of benzene rings is 4. The van der Waals surface area contributed by atoms with E-state index in [1.807, 2.05) is 0 Å². The summed E-state index contributed by atoms with van der Waals surface area (Å²) in [7, 11) is -1.97. The van der Waals surface area contributed by atoms with Crippen LogP contribution in [0.15, 0.2) is 115 Å². The molecule has 4 aromatic carbocycles. The molecule has 29 heavy (non-hydrogen) atoms. The molecule has 4 aromatic rings. The molecule has 4 rings (SSSR count). The summed E-state index contributed by atoms with van der Waals surface area (Å²) < 4.78 is 6.15. The van der Waals surface area contributed by atoms with Gasteiger partial charge in [-0.25, -0.2) is 0 Å². The molecule has 0 bridgehead atoms. The molecule has 144 valence electrons. The molecular formula is C27H26OP+. The molecule has 2 heteroatoms. The number of para-hydroxylation sites is 1. The van der Waals surface area contributed by atoms with Crippen molar-refractivity contribution in [1.29, 1.82) is 0 Å². The average Bonchev–Trinajstić information content (AvgIpc) is 2.80. The fourth-order valence-electron chi connectivity index (χ4n) is 3.97. The Morgan fingerprint density at radius 2 is 1.07 bits per heavy atom. The SMILES string of the molecule is CCOc1ccccc1[P+](Cc1ccccc1)(c1ccccc1)c1ccccc1. The first-order valence-corrected chi connectivity index (χ1v) is 12.1. The lowest BCUT2D eigenvalue weighted by molar-refractivity contribution is 0.343. The van der Waals surface area contributed by atoms with Gasteiger partial charge in [0.15, 0.2) is 5.75 Å². The fraction of sp³-hybridized carbons (Fsp3) is 0.111. The molecule has 0 N–H and O–H groups in total. The van der Waals surface area contributed by atoms with Crippen LogP contribution in [0.4, 0.5) is 0 Å². The van der Waals surface area contributed by atoms with Crippen LogP contribution >= 0.6 is 7.26 Å². The summed E-state index contributed by atoms with van der Waals surface area (Å²) in [5.74, 6) is 0.993. The summed E-state index contributed by atoms with van der Waals surface area (Å²) in [5.41, 5.74) is 1.35. The van der Waals surface area contributed by atoms with Gasteiger partial charge >= 0.3 is 0 Å². The van der Waals surface area contributed by atoms with E-state index in [1.165, 1.54) is 21.5 Å². The van der Waals surface area contributed by atoms with Gasteiger partial charge in [0.05, 0.1) is 12.8 Å². The second-order valence-corrected chi connectivity index (χ2v) is 10.5. The van der Waals surface area contributed by atoms with Crippen LogP contribution in [0.3, 0.4) is 0 Å². The van der Waals surface area contributed by atoms with Gasteiger partial charge in [-0.3, -0.25) is 0 Å². The predicted octanol–water partition coefficient (Wildman–Crippen LogP) is 5.58. The zero-order valence-corrected chi connectivity index (χ0v) is 17.6. The van der Waals surface area contributed by atoms with E-state index in [1.54, 1.807) is 0 Å². The van der Waals surface area contributed by atoms with E-state index in [9.17, 15) is 0 Å². The molecule has 0 radical (unpaired) electrons. The first kappa shape index (κ1) is 19.4.